The van der Waals surface area contributed by atoms with Crippen LogP contribution < -0.4 is 10.6 Å². The largest absolute Gasteiger partial charge is 0.339 e. The fourth-order valence-corrected chi connectivity index (χ4v) is 4.61. The molecule has 1 atom stereocenters. The van der Waals surface area contributed by atoms with Gasteiger partial charge in [-0.25, -0.2) is 19.9 Å². The van der Waals surface area contributed by atoms with Crippen molar-refractivity contribution < 1.29 is 4.79 Å². The molecule has 1 saturated heterocycles. The Bertz CT molecular complexity index is 1330. The molecule has 1 unspecified atom stereocenters. The molecule has 1 aromatic carbocycles. The van der Waals surface area contributed by atoms with Gasteiger partial charge in [0.2, 0.25) is 5.91 Å². The predicted molar refractivity (Wildman–Crippen MR) is 137 cm³/mol. The second-order valence-electron chi connectivity index (χ2n) is 9.23. The number of anilines is 3. The number of nitrogens with one attached hydrogen (secondary N) is 3. The Morgan fingerprint density at radius 2 is 2.06 bits per heavy atom. The number of aromatic nitrogens is 5. The first-order valence-corrected chi connectivity index (χ1v) is 12.0. The molecule has 0 radical (unpaired) electrons. The Labute approximate surface area is 204 Å². The molecule has 0 spiro atoms. The van der Waals surface area contributed by atoms with Gasteiger partial charge in [0.15, 0.2) is 5.65 Å². The highest BCUT2D eigenvalue weighted by atomic mass is 16.1. The van der Waals surface area contributed by atoms with Crippen molar-refractivity contribution in [2.24, 2.45) is 5.92 Å². The molecule has 1 amide bonds. The van der Waals surface area contributed by atoms with Crippen LogP contribution in [0.15, 0.2) is 49.2 Å². The van der Waals surface area contributed by atoms with Crippen molar-refractivity contribution in [1.82, 2.24) is 29.8 Å². The van der Waals surface area contributed by atoms with Crippen molar-refractivity contribution in [3.8, 4) is 11.3 Å². The summed E-state index contributed by atoms with van der Waals surface area (Å²) >= 11 is 0. The molecule has 1 aliphatic rings. The number of carbonyl (C=O) groups is 1. The summed E-state index contributed by atoms with van der Waals surface area (Å²) in [5.74, 6) is 1.16. The zero-order valence-corrected chi connectivity index (χ0v) is 20.1. The quantitative estimate of drug-likeness (QED) is 0.380. The van der Waals surface area contributed by atoms with Crippen molar-refractivity contribution in [3.05, 3.63) is 54.7 Å². The minimum Gasteiger partial charge on any atom is -0.339 e. The first kappa shape index (κ1) is 22.9. The first-order chi connectivity index (χ1) is 17.1. The van der Waals surface area contributed by atoms with Gasteiger partial charge in [0.05, 0.1) is 6.33 Å². The number of pyridine rings is 1. The summed E-state index contributed by atoms with van der Waals surface area (Å²) in [6.45, 7) is 4.19. The van der Waals surface area contributed by atoms with Crippen LogP contribution in [0.4, 0.5) is 17.2 Å². The van der Waals surface area contributed by atoms with Crippen molar-refractivity contribution >= 4 is 34.3 Å². The van der Waals surface area contributed by atoms with Crippen molar-refractivity contribution in [2.75, 3.05) is 30.8 Å². The molecule has 0 bridgehead atoms. The Morgan fingerprint density at radius 1 is 1.14 bits per heavy atom. The summed E-state index contributed by atoms with van der Waals surface area (Å²) in [5.41, 5.74) is 5.55. The maximum absolute atomic E-state index is 12.8. The molecule has 5 rings (SSSR count). The molecule has 9 nitrogen and oxygen atoms in total. The number of fused-ring (bicyclic) bond motifs is 1. The van der Waals surface area contributed by atoms with Gasteiger partial charge in [0, 0.05) is 29.6 Å². The van der Waals surface area contributed by atoms with Gasteiger partial charge in [-0.3, -0.25) is 4.79 Å². The lowest BCUT2D eigenvalue weighted by Crippen LogP contribution is -2.20. The van der Waals surface area contributed by atoms with Gasteiger partial charge in [-0.15, -0.1) is 0 Å². The first-order valence-electron chi connectivity index (χ1n) is 12.0. The zero-order valence-electron chi connectivity index (χ0n) is 20.1. The monoisotopic (exact) mass is 470 g/mol. The van der Waals surface area contributed by atoms with Gasteiger partial charge in [0.25, 0.3) is 0 Å². The molecule has 9 heteroatoms. The van der Waals surface area contributed by atoms with Crippen LogP contribution in [-0.2, 0) is 4.79 Å². The molecule has 180 valence electrons. The maximum Gasteiger partial charge on any atom is 0.224 e. The van der Waals surface area contributed by atoms with Gasteiger partial charge in [-0.2, -0.15) is 0 Å². The van der Waals surface area contributed by atoms with E-state index in [4.69, 9.17) is 0 Å². The summed E-state index contributed by atoms with van der Waals surface area (Å²) in [7, 11) is 2.15. The van der Waals surface area contributed by atoms with Crippen LogP contribution in [0.5, 0.6) is 0 Å². The standard InChI is InChI=1S/C26H30N8O/c1-17-7-8-19(32-22(35)13-18-5-4-11-34(2)12-9-18)14-21(17)33-25-20(6-3-10-27-25)23-24-26(30-15-28-23)31-16-29-24/h3,6-8,10,14-16,18H,4-5,9,11-13H2,1-2H3,(H,27,33)(H,32,35)(H,28,29,30,31). The minimum absolute atomic E-state index is 0.0646. The third-order valence-corrected chi connectivity index (χ3v) is 6.60. The lowest BCUT2D eigenvalue weighted by Gasteiger charge is -2.16. The predicted octanol–water partition coefficient (Wildman–Crippen LogP) is 4.53. The van der Waals surface area contributed by atoms with Gasteiger partial charge < -0.3 is 20.5 Å². The third-order valence-electron chi connectivity index (χ3n) is 6.60. The second kappa shape index (κ2) is 10.2. The summed E-state index contributed by atoms with van der Waals surface area (Å²) in [6.07, 6.45) is 8.74. The lowest BCUT2D eigenvalue weighted by molar-refractivity contribution is -0.117. The van der Waals surface area contributed by atoms with Crippen LogP contribution in [0, 0.1) is 12.8 Å². The number of benzene rings is 1. The minimum atomic E-state index is 0.0646. The molecule has 0 saturated carbocycles. The highest BCUT2D eigenvalue weighted by molar-refractivity contribution is 5.93. The number of hydrogen-bond acceptors (Lipinski definition) is 7. The number of hydrogen-bond donors (Lipinski definition) is 3. The number of likely N-dealkylation sites (tertiary alicyclic amines) is 1. The van der Waals surface area contributed by atoms with E-state index < -0.39 is 0 Å². The van der Waals surface area contributed by atoms with E-state index in [9.17, 15) is 4.79 Å². The fraction of sp³-hybridized carbons (Fsp3) is 0.346. The summed E-state index contributed by atoms with van der Waals surface area (Å²) in [5, 5.41) is 6.53. The van der Waals surface area contributed by atoms with E-state index in [0.717, 1.165) is 54.9 Å². The number of imidazole rings is 1. The van der Waals surface area contributed by atoms with E-state index in [1.165, 1.54) is 6.33 Å². The van der Waals surface area contributed by atoms with Crippen LogP contribution in [-0.4, -0.2) is 55.9 Å². The van der Waals surface area contributed by atoms with E-state index in [1.807, 2.05) is 37.3 Å². The SMILES string of the molecule is Cc1ccc(NC(=O)CC2CCCN(C)CC2)cc1Nc1ncccc1-c1ncnc2[nH]cnc12. The van der Waals surface area contributed by atoms with Crippen LogP contribution in [0.3, 0.4) is 0 Å². The molecule has 3 aromatic heterocycles. The average molecular weight is 471 g/mol. The number of aromatic amines is 1. The Kier molecular flexibility index (Phi) is 6.67. The normalized spacial score (nSPS) is 16.7. The van der Waals surface area contributed by atoms with Crippen molar-refractivity contribution in [2.45, 2.75) is 32.6 Å². The zero-order chi connectivity index (χ0) is 24.2. The van der Waals surface area contributed by atoms with E-state index in [2.05, 4.69) is 47.5 Å². The average Bonchev–Trinajstić information content (AvgIpc) is 3.25. The number of H-pyrrole nitrogens is 1. The number of nitrogens with zero attached hydrogens (tertiary/aromatic N) is 5. The Balaban J connectivity index is 1.34. The van der Waals surface area contributed by atoms with Crippen molar-refractivity contribution in [1.29, 1.82) is 0 Å². The highest BCUT2D eigenvalue weighted by Gasteiger charge is 2.19. The maximum atomic E-state index is 12.8. The molecule has 4 aromatic rings. The molecule has 1 fully saturated rings. The van der Waals surface area contributed by atoms with Crippen molar-refractivity contribution in [3.63, 3.8) is 0 Å². The topological polar surface area (TPSA) is 112 Å². The lowest BCUT2D eigenvalue weighted by atomic mass is 9.96. The van der Waals surface area contributed by atoms with E-state index >= 15 is 0 Å². The van der Waals surface area contributed by atoms with Crippen LogP contribution in [0.1, 0.15) is 31.2 Å². The molecule has 3 N–H and O–H groups in total. The fourth-order valence-electron chi connectivity index (χ4n) is 4.61. The summed E-state index contributed by atoms with van der Waals surface area (Å²) in [6, 6.07) is 9.72. The number of rotatable bonds is 6. The summed E-state index contributed by atoms with van der Waals surface area (Å²) < 4.78 is 0. The van der Waals surface area contributed by atoms with Gasteiger partial charge in [-0.1, -0.05) is 6.07 Å². The second-order valence-corrected chi connectivity index (χ2v) is 9.23. The van der Waals surface area contributed by atoms with Crippen LogP contribution in [0.25, 0.3) is 22.4 Å². The van der Waals surface area contributed by atoms with Gasteiger partial charge >= 0.3 is 0 Å². The molecule has 1 aliphatic heterocycles. The highest BCUT2D eigenvalue weighted by Crippen LogP contribution is 2.32. The Hall–Kier alpha value is -3.85. The molecular weight excluding hydrogens is 440 g/mol. The molecular formula is C26H30N8O. The third kappa shape index (κ3) is 5.30. The summed E-state index contributed by atoms with van der Waals surface area (Å²) in [4.78, 5) is 35.8. The van der Waals surface area contributed by atoms with Gasteiger partial charge in [-0.05, 0) is 82.1 Å². The van der Waals surface area contributed by atoms with Crippen LogP contribution >= 0.6 is 0 Å². The molecule has 35 heavy (non-hydrogen) atoms. The smallest absolute Gasteiger partial charge is 0.224 e. The van der Waals surface area contributed by atoms with Gasteiger partial charge in [0.1, 0.15) is 23.4 Å². The van der Waals surface area contributed by atoms with Crippen LogP contribution in [0.2, 0.25) is 0 Å². The van der Waals surface area contributed by atoms with E-state index in [-0.39, 0.29) is 5.91 Å². The number of aryl methyl sites for hydroxylation is 1. The number of carbonyl (C=O) groups excluding carboxylic acids is 1. The molecule has 0 aliphatic carbocycles. The van der Waals surface area contributed by atoms with E-state index in [1.54, 1.807) is 12.5 Å². The van der Waals surface area contributed by atoms with E-state index in [0.29, 0.717) is 35.0 Å². The Morgan fingerprint density at radius 3 is 2.97 bits per heavy atom. The number of amides is 1. The molecule has 4 heterocycles.